The van der Waals surface area contributed by atoms with Crippen LogP contribution >= 0.6 is 0 Å². The van der Waals surface area contributed by atoms with E-state index in [4.69, 9.17) is 0 Å². The highest BCUT2D eigenvalue weighted by Gasteiger charge is 2.15. The van der Waals surface area contributed by atoms with Crippen molar-refractivity contribution in [3.63, 3.8) is 0 Å². The van der Waals surface area contributed by atoms with Crippen molar-refractivity contribution in [3.8, 4) is 5.82 Å². The van der Waals surface area contributed by atoms with E-state index in [1.807, 2.05) is 56.3 Å². The summed E-state index contributed by atoms with van der Waals surface area (Å²) in [7, 11) is 0. The minimum Gasteiger partial charge on any atom is -0.339 e. The molecule has 108 valence electrons. The second-order valence-electron chi connectivity index (χ2n) is 5.36. The van der Waals surface area contributed by atoms with Gasteiger partial charge in [0.05, 0.1) is 16.6 Å². The third-order valence-corrected chi connectivity index (χ3v) is 3.80. The van der Waals surface area contributed by atoms with Crippen LogP contribution < -0.4 is 5.43 Å². The first-order valence-corrected chi connectivity index (χ1v) is 7.09. The number of aromatic nitrogens is 4. The number of para-hydroxylation sites is 1. The van der Waals surface area contributed by atoms with Gasteiger partial charge in [-0.05, 0) is 38.1 Å². The Balaban J connectivity index is 2.16. The third kappa shape index (κ3) is 1.75. The zero-order valence-corrected chi connectivity index (χ0v) is 12.3. The first-order valence-electron chi connectivity index (χ1n) is 7.09. The molecule has 0 unspecified atom stereocenters. The molecule has 1 N–H and O–H groups in total. The predicted molar refractivity (Wildman–Crippen MR) is 86.5 cm³/mol. The molecular weight excluding hydrogens is 276 g/mol. The van der Waals surface area contributed by atoms with Gasteiger partial charge in [0.1, 0.15) is 5.65 Å². The molecule has 3 aromatic heterocycles. The number of fused-ring (bicyclic) bond motifs is 2. The van der Waals surface area contributed by atoms with E-state index in [1.165, 1.54) is 0 Å². The van der Waals surface area contributed by atoms with Crippen molar-refractivity contribution in [2.75, 3.05) is 0 Å². The first-order chi connectivity index (χ1) is 10.6. The maximum atomic E-state index is 12.7. The van der Waals surface area contributed by atoms with E-state index < -0.39 is 0 Å². The Hall–Kier alpha value is -2.95. The number of aromatic amines is 1. The number of H-pyrrole nitrogens is 1. The molecule has 0 atom stereocenters. The zero-order chi connectivity index (χ0) is 15.3. The topological polar surface area (TPSA) is 63.6 Å². The van der Waals surface area contributed by atoms with Crippen LogP contribution in [0.4, 0.5) is 0 Å². The molecule has 22 heavy (non-hydrogen) atoms. The molecule has 0 amide bonds. The molecule has 5 nitrogen and oxygen atoms in total. The van der Waals surface area contributed by atoms with Gasteiger partial charge in [-0.3, -0.25) is 4.79 Å². The second-order valence-corrected chi connectivity index (χ2v) is 5.36. The van der Waals surface area contributed by atoms with E-state index in [0.717, 1.165) is 11.2 Å². The van der Waals surface area contributed by atoms with Gasteiger partial charge >= 0.3 is 0 Å². The molecule has 0 radical (unpaired) electrons. The van der Waals surface area contributed by atoms with Crippen LogP contribution in [-0.4, -0.2) is 19.7 Å². The molecule has 0 aliphatic rings. The highest BCUT2D eigenvalue weighted by molar-refractivity contribution is 5.92. The minimum atomic E-state index is 0.000697. The Morgan fingerprint density at radius 3 is 2.68 bits per heavy atom. The lowest BCUT2D eigenvalue weighted by Crippen LogP contribution is -2.06. The van der Waals surface area contributed by atoms with Crippen molar-refractivity contribution in [2.24, 2.45) is 0 Å². The Kier molecular flexibility index (Phi) is 2.63. The number of hydrogen-bond acceptors (Lipinski definition) is 3. The summed E-state index contributed by atoms with van der Waals surface area (Å²) >= 11 is 0. The fraction of sp³-hybridized carbons (Fsp3) is 0.118. The molecule has 0 aliphatic carbocycles. The average molecular weight is 290 g/mol. The van der Waals surface area contributed by atoms with Gasteiger partial charge in [0, 0.05) is 11.1 Å². The lowest BCUT2D eigenvalue weighted by molar-refractivity contribution is 0.843. The molecule has 4 aromatic rings. The van der Waals surface area contributed by atoms with Gasteiger partial charge in [-0.1, -0.05) is 18.2 Å². The lowest BCUT2D eigenvalue weighted by Gasteiger charge is -2.04. The van der Waals surface area contributed by atoms with Crippen LogP contribution in [-0.2, 0) is 0 Å². The fourth-order valence-electron chi connectivity index (χ4n) is 2.78. The van der Waals surface area contributed by atoms with E-state index in [1.54, 1.807) is 4.68 Å². The number of rotatable bonds is 1. The molecule has 4 rings (SSSR count). The SMILES string of the molecule is Cc1cccc(-n2nc(C)c3c(=O)c4ccccc4[nH]c32)n1. The molecular formula is C17H14N4O. The summed E-state index contributed by atoms with van der Waals surface area (Å²) in [5, 5.41) is 5.80. The van der Waals surface area contributed by atoms with Crippen molar-refractivity contribution in [2.45, 2.75) is 13.8 Å². The molecule has 0 bridgehead atoms. The maximum absolute atomic E-state index is 12.7. The summed E-state index contributed by atoms with van der Waals surface area (Å²) in [4.78, 5) is 20.5. The largest absolute Gasteiger partial charge is 0.339 e. The highest BCUT2D eigenvalue weighted by Crippen LogP contribution is 2.19. The summed E-state index contributed by atoms with van der Waals surface area (Å²) in [6.45, 7) is 3.78. The molecule has 3 heterocycles. The van der Waals surface area contributed by atoms with Gasteiger partial charge in [0.25, 0.3) is 0 Å². The number of pyridine rings is 2. The minimum absolute atomic E-state index is 0.000697. The van der Waals surface area contributed by atoms with Gasteiger partial charge in [-0.2, -0.15) is 9.78 Å². The van der Waals surface area contributed by atoms with Gasteiger partial charge in [-0.25, -0.2) is 4.98 Å². The van der Waals surface area contributed by atoms with E-state index in [2.05, 4.69) is 15.1 Å². The van der Waals surface area contributed by atoms with Crippen molar-refractivity contribution in [1.29, 1.82) is 0 Å². The lowest BCUT2D eigenvalue weighted by atomic mass is 10.1. The Labute approximate surface area is 126 Å². The smallest absolute Gasteiger partial charge is 0.200 e. The predicted octanol–water partition coefficient (Wildman–Crippen LogP) is 2.88. The Bertz CT molecular complexity index is 1080. The van der Waals surface area contributed by atoms with Crippen LogP contribution in [0.25, 0.3) is 27.8 Å². The maximum Gasteiger partial charge on any atom is 0.200 e. The number of hydrogen-bond donors (Lipinski definition) is 1. The van der Waals surface area contributed by atoms with Crippen LogP contribution in [0.2, 0.25) is 0 Å². The van der Waals surface area contributed by atoms with Gasteiger partial charge in [0.2, 0.25) is 5.43 Å². The Morgan fingerprint density at radius 2 is 1.86 bits per heavy atom. The molecule has 0 saturated carbocycles. The number of benzene rings is 1. The summed E-state index contributed by atoms with van der Waals surface area (Å²) < 4.78 is 1.70. The first kappa shape index (κ1) is 12.8. The van der Waals surface area contributed by atoms with E-state index >= 15 is 0 Å². The molecule has 0 aliphatic heterocycles. The van der Waals surface area contributed by atoms with Crippen LogP contribution in [0, 0.1) is 13.8 Å². The summed E-state index contributed by atoms with van der Waals surface area (Å²) in [6, 6.07) is 13.2. The number of aryl methyl sites for hydroxylation is 2. The van der Waals surface area contributed by atoms with Gasteiger partial charge < -0.3 is 4.98 Å². The van der Waals surface area contributed by atoms with E-state index in [-0.39, 0.29) is 5.43 Å². The van der Waals surface area contributed by atoms with Crippen LogP contribution in [0.5, 0.6) is 0 Å². The normalized spacial score (nSPS) is 11.4. The van der Waals surface area contributed by atoms with Gasteiger partial charge in [0.15, 0.2) is 5.82 Å². The molecule has 1 aromatic carbocycles. The fourth-order valence-corrected chi connectivity index (χ4v) is 2.78. The van der Waals surface area contributed by atoms with Gasteiger partial charge in [-0.15, -0.1) is 0 Å². The summed E-state index contributed by atoms with van der Waals surface area (Å²) in [5.41, 5.74) is 3.08. The quantitative estimate of drug-likeness (QED) is 0.586. The monoisotopic (exact) mass is 290 g/mol. The van der Waals surface area contributed by atoms with Crippen molar-refractivity contribution in [1.82, 2.24) is 19.7 Å². The molecule has 0 fully saturated rings. The molecule has 0 saturated heterocycles. The van der Waals surface area contributed by atoms with Crippen molar-refractivity contribution in [3.05, 3.63) is 64.1 Å². The van der Waals surface area contributed by atoms with Crippen molar-refractivity contribution < 1.29 is 0 Å². The van der Waals surface area contributed by atoms with Crippen molar-refractivity contribution >= 4 is 21.9 Å². The van der Waals surface area contributed by atoms with E-state index in [0.29, 0.717) is 27.9 Å². The number of nitrogens with one attached hydrogen (secondary N) is 1. The standard InChI is InChI=1S/C17H14N4O/c1-10-6-5-9-14(18-10)21-17-15(11(2)20-21)16(22)12-7-3-4-8-13(12)19-17/h3-9H,1-2H3,(H,19,22). The Morgan fingerprint density at radius 1 is 1.05 bits per heavy atom. The number of nitrogens with zero attached hydrogens (tertiary/aromatic N) is 3. The zero-order valence-electron chi connectivity index (χ0n) is 12.3. The summed E-state index contributed by atoms with van der Waals surface area (Å²) in [5.74, 6) is 0.698. The van der Waals surface area contributed by atoms with Crippen LogP contribution in [0.1, 0.15) is 11.4 Å². The second kappa shape index (κ2) is 4.53. The van der Waals surface area contributed by atoms with E-state index in [9.17, 15) is 4.79 Å². The van der Waals surface area contributed by atoms with Crippen LogP contribution in [0.3, 0.4) is 0 Å². The summed E-state index contributed by atoms with van der Waals surface area (Å²) in [6.07, 6.45) is 0. The molecule has 5 heteroatoms. The molecule has 0 spiro atoms. The van der Waals surface area contributed by atoms with Crippen LogP contribution in [0.15, 0.2) is 47.3 Å². The third-order valence-electron chi connectivity index (χ3n) is 3.80. The average Bonchev–Trinajstić information content (AvgIpc) is 2.85. The highest BCUT2D eigenvalue weighted by atomic mass is 16.1.